The first kappa shape index (κ1) is 12.4. The van der Waals surface area contributed by atoms with E-state index in [-0.39, 0.29) is 0 Å². The predicted octanol–water partition coefficient (Wildman–Crippen LogP) is 3.06. The number of fused-ring (bicyclic) bond motifs is 1. The van der Waals surface area contributed by atoms with E-state index in [1.807, 2.05) is 0 Å². The first-order chi connectivity index (χ1) is 8.10. The van der Waals surface area contributed by atoms with E-state index in [1.54, 1.807) is 0 Å². The lowest BCUT2D eigenvalue weighted by atomic mass is 9.92. The van der Waals surface area contributed by atoms with E-state index in [2.05, 4.69) is 39.0 Å². The molecule has 2 N–H and O–H groups in total. The highest BCUT2D eigenvalue weighted by Crippen LogP contribution is 2.32. The van der Waals surface area contributed by atoms with Crippen molar-refractivity contribution < 1.29 is 4.74 Å². The van der Waals surface area contributed by atoms with E-state index in [4.69, 9.17) is 10.5 Å². The van der Waals surface area contributed by atoms with Gasteiger partial charge in [0.15, 0.2) is 0 Å². The van der Waals surface area contributed by atoms with E-state index < -0.39 is 0 Å². The van der Waals surface area contributed by atoms with Gasteiger partial charge in [-0.15, -0.1) is 0 Å². The maximum Gasteiger partial charge on any atom is 0.123 e. The summed E-state index contributed by atoms with van der Waals surface area (Å²) < 4.78 is 5.97. The second-order valence-electron chi connectivity index (χ2n) is 5.34. The van der Waals surface area contributed by atoms with Crippen LogP contribution in [-0.4, -0.2) is 12.1 Å². The monoisotopic (exact) mass is 233 g/mol. The summed E-state index contributed by atoms with van der Waals surface area (Å²) in [6.45, 7) is 6.50. The van der Waals surface area contributed by atoms with Crippen molar-refractivity contribution in [3.63, 3.8) is 0 Å². The molecule has 0 radical (unpaired) electrons. The summed E-state index contributed by atoms with van der Waals surface area (Å²) in [5.74, 6) is 1.60. The van der Waals surface area contributed by atoms with Crippen molar-refractivity contribution in [2.24, 2.45) is 11.7 Å². The average molecular weight is 233 g/mol. The summed E-state index contributed by atoms with van der Waals surface area (Å²) in [5.41, 5.74) is 8.73. The van der Waals surface area contributed by atoms with E-state index in [0.717, 1.165) is 25.0 Å². The van der Waals surface area contributed by atoms with Crippen LogP contribution in [0.5, 0.6) is 5.75 Å². The van der Waals surface area contributed by atoms with Crippen molar-refractivity contribution >= 4 is 0 Å². The quantitative estimate of drug-likeness (QED) is 0.867. The van der Waals surface area contributed by atoms with Crippen LogP contribution in [0.3, 0.4) is 0 Å². The lowest BCUT2D eigenvalue weighted by Crippen LogP contribution is -2.31. The molecule has 0 fully saturated rings. The fraction of sp³-hybridized carbons (Fsp3) is 0.600. The highest BCUT2D eigenvalue weighted by molar-refractivity contribution is 5.40. The Balaban J connectivity index is 1.96. The smallest absolute Gasteiger partial charge is 0.123 e. The molecule has 0 bridgehead atoms. The van der Waals surface area contributed by atoms with Gasteiger partial charge in [0.05, 0.1) is 0 Å². The molecule has 3 unspecified atom stereocenters. The molecule has 94 valence electrons. The molecule has 0 saturated heterocycles. The second kappa shape index (κ2) is 5.09. The van der Waals surface area contributed by atoms with Crippen molar-refractivity contribution in [1.82, 2.24) is 0 Å². The van der Waals surface area contributed by atoms with Gasteiger partial charge in [0.1, 0.15) is 11.9 Å². The molecule has 0 saturated carbocycles. The Morgan fingerprint density at radius 1 is 1.47 bits per heavy atom. The van der Waals surface area contributed by atoms with Crippen molar-refractivity contribution in [3.8, 4) is 5.75 Å². The van der Waals surface area contributed by atoms with E-state index in [0.29, 0.717) is 18.1 Å². The number of ether oxygens (including phenoxy) is 1. The Hall–Kier alpha value is -1.02. The number of benzene rings is 1. The summed E-state index contributed by atoms with van der Waals surface area (Å²) in [6.07, 6.45) is 3.46. The Kier molecular flexibility index (Phi) is 3.72. The predicted molar refractivity (Wildman–Crippen MR) is 71.3 cm³/mol. The molecule has 0 aliphatic carbocycles. The molecule has 2 rings (SSSR count). The molecule has 17 heavy (non-hydrogen) atoms. The van der Waals surface area contributed by atoms with Gasteiger partial charge in [-0.2, -0.15) is 0 Å². The van der Waals surface area contributed by atoms with Gasteiger partial charge in [0.25, 0.3) is 0 Å². The molecule has 0 amide bonds. The highest BCUT2D eigenvalue weighted by Gasteiger charge is 2.25. The van der Waals surface area contributed by atoms with Crippen LogP contribution in [0.4, 0.5) is 0 Å². The Morgan fingerprint density at radius 2 is 2.24 bits per heavy atom. The lowest BCUT2D eigenvalue weighted by Gasteiger charge is -2.21. The topological polar surface area (TPSA) is 35.2 Å². The maximum absolute atomic E-state index is 6.07. The molecule has 3 atom stereocenters. The maximum atomic E-state index is 6.07. The van der Waals surface area contributed by atoms with Gasteiger partial charge in [-0.05, 0) is 37.3 Å². The minimum Gasteiger partial charge on any atom is -0.490 e. The molecular formula is C15H23NO. The molecule has 1 heterocycles. The molecule has 1 aromatic carbocycles. The van der Waals surface area contributed by atoms with E-state index in [1.165, 1.54) is 11.1 Å². The minimum absolute atomic E-state index is 0.295. The van der Waals surface area contributed by atoms with Crippen molar-refractivity contribution in [2.45, 2.75) is 52.2 Å². The first-order valence-corrected chi connectivity index (χ1v) is 6.62. The lowest BCUT2D eigenvalue weighted by molar-refractivity contribution is 0.188. The van der Waals surface area contributed by atoms with Gasteiger partial charge < -0.3 is 10.5 Å². The van der Waals surface area contributed by atoms with Gasteiger partial charge in [-0.1, -0.05) is 31.5 Å². The van der Waals surface area contributed by atoms with E-state index >= 15 is 0 Å². The van der Waals surface area contributed by atoms with Crippen molar-refractivity contribution in [1.29, 1.82) is 0 Å². The van der Waals surface area contributed by atoms with Gasteiger partial charge in [-0.25, -0.2) is 0 Å². The zero-order chi connectivity index (χ0) is 12.4. The number of aryl methyl sites for hydroxylation is 1. The van der Waals surface area contributed by atoms with Crippen molar-refractivity contribution in [2.75, 3.05) is 0 Å². The zero-order valence-corrected chi connectivity index (χ0v) is 11.1. The van der Waals surface area contributed by atoms with Gasteiger partial charge in [0.2, 0.25) is 0 Å². The third-order valence-electron chi connectivity index (χ3n) is 3.79. The number of nitrogens with two attached hydrogens (primary N) is 1. The van der Waals surface area contributed by atoms with E-state index in [9.17, 15) is 0 Å². The minimum atomic E-state index is 0.295. The van der Waals surface area contributed by atoms with Crippen LogP contribution in [0.25, 0.3) is 0 Å². The van der Waals surface area contributed by atoms with Crippen LogP contribution in [0.1, 0.15) is 37.8 Å². The van der Waals surface area contributed by atoms with Crippen LogP contribution < -0.4 is 10.5 Å². The fourth-order valence-corrected chi connectivity index (χ4v) is 2.57. The Morgan fingerprint density at radius 3 is 2.94 bits per heavy atom. The highest BCUT2D eigenvalue weighted by atomic mass is 16.5. The number of hydrogen-bond donors (Lipinski definition) is 1. The Bertz CT molecular complexity index is 389. The molecule has 1 aliphatic heterocycles. The van der Waals surface area contributed by atoms with Gasteiger partial charge in [0, 0.05) is 12.5 Å². The summed E-state index contributed by atoms with van der Waals surface area (Å²) >= 11 is 0. The van der Waals surface area contributed by atoms with Crippen molar-refractivity contribution in [3.05, 3.63) is 29.3 Å². The van der Waals surface area contributed by atoms with Crippen LogP contribution in [0.15, 0.2) is 18.2 Å². The van der Waals surface area contributed by atoms with Crippen LogP contribution >= 0.6 is 0 Å². The van der Waals surface area contributed by atoms with Crippen LogP contribution in [0, 0.1) is 12.8 Å². The molecular weight excluding hydrogens is 210 g/mol. The van der Waals surface area contributed by atoms with Crippen LogP contribution in [0.2, 0.25) is 0 Å². The number of rotatable bonds is 4. The summed E-state index contributed by atoms with van der Waals surface area (Å²) in [7, 11) is 0. The van der Waals surface area contributed by atoms with Crippen LogP contribution in [-0.2, 0) is 6.42 Å². The normalized spacial score (nSPS) is 21.8. The first-order valence-electron chi connectivity index (χ1n) is 6.62. The average Bonchev–Trinajstić information content (AvgIpc) is 2.69. The zero-order valence-electron chi connectivity index (χ0n) is 11.1. The van der Waals surface area contributed by atoms with Gasteiger partial charge in [-0.3, -0.25) is 0 Å². The molecule has 1 aromatic rings. The molecule has 1 aliphatic rings. The fourth-order valence-electron chi connectivity index (χ4n) is 2.57. The Labute approximate surface area is 104 Å². The molecule has 0 aromatic heterocycles. The molecule has 2 heteroatoms. The SMILES string of the molecule is CCC(N)C(C)CC1Cc2cc(C)ccc2O1. The summed E-state index contributed by atoms with van der Waals surface area (Å²) in [5, 5.41) is 0. The third kappa shape index (κ3) is 2.81. The third-order valence-corrected chi connectivity index (χ3v) is 3.79. The summed E-state index contributed by atoms with van der Waals surface area (Å²) in [6, 6.07) is 6.74. The standard InChI is InChI=1S/C15H23NO/c1-4-14(16)11(3)8-13-9-12-7-10(2)5-6-15(12)17-13/h5-7,11,13-14H,4,8-9,16H2,1-3H3. The molecule has 0 spiro atoms. The number of hydrogen-bond acceptors (Lipinski definition) is 2. The summed E-state index contributed by atoms with van der Waals surface area (Å²) in [4.78, 5) is 0. The molecule has 2 nitrogen and oxygen atoms in total. The second-order valence-corrected chi connectivity index (χ2v) is 5.34. The van der Waals surface area contributed by atoms with Gasteiger partial charge >= 0.3 is 0 Å². The largest absolute Gasteiger partial charge is 0.490 e.